The average Bonchev–Trinajstić information content (AvgIpc) is 3.11. The number of rotatable bonds is 3. The highest BCUT2D eigenvalue weighted by Gasteiger charge is 2.23. The molecule has 0 aliphatic heterocycles. The third-order valence-electron chi connectivity index (χ3n) is 4.09. The minimum absolute atomic E-state index is 0.293. The van der Waals surface area contributed by atoms with E-state index in [4.69, 9.17) is 0 Å². The molecule has 1 aromatic carbocycles. The maximum Gasteiger partial charge on any atom is 0.193 e. The van der Waals surface area contributed by atoms with Crippen molar-refractivity contribution in [2.75, 3.05) is 0 Å². The summed E-state index contributed by atoms with van der Waals surface area (Å²) in [4.78, 5) is 5.76. The lowest BCUT2D eigenvalue weighted by atomic mass is 10.1. The fourth-order valence-electron chi connectivity index (χ4n) is 3.07. The highest BCUT2D eigenvalue weighted by atomic mass is 32.1. The molecule has 2 heterocycles. The summed E-state index contributed by atoms with van der Waals surface area (Å²) in [5, 5.41) is 5.79. The van der Waals surface area contributed by atoms with E-state index in [1.165, 1.54) is 11.1 Å². The predicted molar refractivity (Wildman–Crippen MR) is 82.3 cm³/mol. The van der Waals surface area contributed by atoms with Crippen LogP contribution in [0, 0.1) is 0 Å². The molecule has 1 N–H and O–H groups in total. The molecule has 4 rings (SSSR count). The van der Waals surface area contributed by atoms with Gasteiger partial charge in [-0.3, -0.25) is 4.40 Å². The van der Waals surface area contributed by atoms with Crippen LogP contribution >= 0.6 is 11.3 Å². The Morgan fingerprint density at radius 2 is 2.05 bits per heavy atom. The van der Waals surface area contributed by atoms with Crippen LogP contribution < -0.4 is 5.32 Å². The number of benzene rings is 1. The number of hydrogen-bond donors (Lipinski definition) is 1. The summed E-state index contributed by atoms with van der Waals surface area (Å²) in [6.45, 7) is 2.20. The monoisotopic (exact) mass is 283 g/mol. The van der Waals surface area contributed by atoms with Gasteiger partial charge in [0.25, 0.3) is 0 Å². The lowest BCUT2D eigenvalue weighted by molar-refractivity contribution is 0.462. The van der Waals surface area contributed by atoms with Gasteiger partial charge >= 0.3 is 0 Å². The Morgan fingerprint density at radius 3 is 2.75 bits per heavy atom. The van der Waals surface area contributed by atoms with Crippen LogP contribution in [-0.2, 0) is 12.8 Å². The highest BCUT2D eigenvalue weighted by Crippen LogP contribution is 2.24. The third kappa shape index (κ3) is 2.05. The fraction of sp³-hybridized carbons (Fsp3) is 0.312. The number of nitrogens with one attached hydrogen (secondary N) is 1. The first-order valence-corrected chi connectivity index (χ1v) is 7.92. The van der Waals surface area contributed by atoms with Crippen LogP contribution in [0.3, 0.4) is 0 Å². The molecule has 0 saturated heterocycles. The van der Waals surface area contributed by atoms with Crippen LogP contribution in [0.4, 0.5) is 0 Å². The van der Waals surface area contributed by atoms with E-state index in [9.17, 15) is 0 Å². The lowest BCUT2D eigenvalue weighted by Gasteiger charge is -2.17. The van der Waals surface area contributed by atoms with Crippen molar-refractivity contribution in [3.05, 3.63) is 58.9 Å². The molecule has 2 aromatic heterocycles. The molecule has 3 nitrogen and oxygen atoms in total. The first kappa shape index (κ1) is 12.1. The number of fused-ring (bicyclic) bond motifs is 2. The molecule has 0 fully saturated rings. The molecule has 0 amide bonds. The van der Waals surface area contributed by atoms with E-state index < -0.39 is 0 Å². The van der Waals surface area contributed by atoms with E-state index >= 15 is 0 Å². The fourth-order valence-corrected chi connectivity index (χ4v) is 3.78. The SMILES string of the molecule is C[C@@H](NC1Cc2ccccc2C1)c1cn2ccsc2n1. The largest absolute Gasteiger partial charge is 0.305 e. The van der Waals surface area contributed by atoms with Crippen molar-refractivity contribution in [2.24, 2.45) is 0 Å². The summed E-state index contributed by atoms with van der Waals surface area (Å²) < 4.78 is 2.10. The van der Waals surface area contributed by atoms with Crippen LogP contribution in [0.2, 0.25) is 0 Å². The zero-order valence-electron chi connectivity index (χ0n) is 11.4. The van der Waals surface area contributed by atoms with Crippen molar-refractivity contribution in [3.63, 3.8) is 0 Å². The molecule has 20 heavy (non-hydrogen) atoms. The van der Waals surface area contributed by atoms with Gasteiger partial charge in [-0.1, -0.05) is 24.3 Å². The summed E-state index contributed by atoms with van der Waals surface area (Å²) in [5.74, 6) is 0. The van der Waals surface area contributed by atoms with Gasteiger partial charge in [0.2, 0.25) is 0 Å². The van der Waals surface area contributed by atoms with E-state index in [0.29, 0.717) is 12.1 Å². The predicted octanol–water partition coefficient (Wildman–Crippen LogP) is 3.21. The van der Waals surface area contributed by atoms with E-state index in [0.717, 1.165) is 23.5 Å². The van der Waals surface area contributed by atoms with Crippen molar-refractivity contribution in [3.8, 4) is 0 Å². The third-order valence-corrected chi connectivity index (χ3v) is 4.86. The summed E-state index contributed by atoms with van der Waals surface area (Å²) in [6, 6.07) is 9.58. The maximum absolute atomic E-state index is 4.68. The molecule has 1 atom stereocenters. The summed E-state index contributed by atoms with van der Waals surface area (Å²) in [5.41, 5.74) is 4.11. The first-order chi connectivity index (χ1) is 9.79. The Balaban J connectivity index is 1.49. The minimum atomic E-state index is 0.293. The van der Waals surface area contributed by atoms with Crippen LogP contribution in [0.25, 0.3) is 4.96 Å². The Morgan fingerprint density at radius 1 is 1.30 bits per heavy atom. The number of hydrogen-bond acceptors (Lipinski definition) is 3. The quantitative estimate of drug-likeness (QED) is 0.800. The van der Waals surface area contributed by atoms with Crippen molar-refractivity contribution < 1.29 is 0 Å². The summed E-state index contributed by atoms with van der Waals surface area (Å²) in [7, 11) is 0. The molecule has 0 spiro atoms. The standard InChI is InChI=1S/C16H17N3S/c1-11(15-10-19-6-7-20-16(19)18-15)17-14-8-12-4-2-3-5-13(12)9-14/h2-7,10-11,14,17H,8-9H2,1H3/t11-/m1/s1. The zero-order chi connectivity index (χ0) is 13.5. The van der Waals surface area contributed by atoms with Gasteiger partial charge in [0, 0.05) is 29.9 Å². The van der Waals surface area contributed by atoms with Crippen molar-refractivity contribution in [1.29, 1.82) is 0 Å². The highest BCUT2D eigenvalue weighted by molar-refractivity contribution is 7.15. The molecule has 0 saturated carbocycles. The molecule has 1 aliphatic carbocycles. The minimum Gasteiger partial charge on any atom is -0.305 e. The zero-order valence-corrected chi connectivity index (χ0v) is 12.2. The second-order valence-electron chi connectivity index (χ2n) is 5.52. The Bertz CT molecular complexity index is 689. The normalized spacial score (nSPS) is 16.6. The molecule has 0 unspecified atom stereocenters. The first-order valence-electron chi connectivity index (χ1n) is 7.04. The van der Waals surface area contributed by atoms with Gasteiger partial charge in [0.15, 0.2) is 4.96 Å². The second-order valence-corrected chi connectivity index (χ2v) is 6.39. The van der Waals surface area contributed by atoms with Crippen LogP contribution in [-0.4, -0.2) is 15.4 Å². The van der Waals surface area contributed by atoms with Gasteiger partial charge < -0.3 is 5.32 Å². The number of aromatic nitrogens is 2. The number of nitrogens with zero attached hydrogens (tertiary/aromatic N) is 2. The molecule has 3 aromatic rings. The van der Waals surface area contributed by atoms with Gasteiger partial charge in [-0.05, 0) is 30.9 Å². The van der Waals surface area contributed by atoms with E-state index in [1.54, 1.807) is 11.3 Å². The molecule has 1 aliphatic rings. The Hall–Kier alpha value is -1.65. The number of imidazole rings is 1. The van der Waals surface area contributed by atoms with Gasteiger partial charge in [-0.2, -0.15) is 0 Å². The molecular formula is C16H17N3S. The van der Waals surface area contributed by atoms with Crippen LogP contribution in [0.1, 0.15) is 29.8 Å². The Kier molecular flexibility index (Phi) is 2.86. The smallest absolute Gasteiger partial charge is 0.193 e. The van der Waals surface area contributed by atoms with Gasteiger partial charge in [0.1, 0.15) is 0 Å². The van der Waals surface area contributed by atoms with E-state index in [1.807, 2.05) is 0 Å². The molecule has 4 heteroatoms. The topological polar surface area (TPSA) is 29.3 Å². The van der Waals surface area contributed by atoms with E-state index in [2.05, 4.69) is 63.7 Å². The lowest BCUT2D eigenvalue weighted by Crippen LogP contribution is -2.32. The second kappa shape index (κ2) is 4.72. The summed E-state index contributed by atoms with van der Waals surface area (Å²) in [6.07, 6.45) is 6.45. The van der Waals surface area contributed by atoms with Crippen molar-refractivity contribution in [1.82, 2.24) is 14.7 Å². The van der Waals surface area contributed by atoms with Gasteiger partial charge in [-0.15, -0.1) is 11.3 Å². The average molecular weight is 283 g/mol. The van der Waals surface area contributed by atoms with Crippen molar-refractivity contribution in [2.45, 2.75) is 31.8 Å². The molecule has 102 valence electrons. The molecular weight excluding hydrogens is 266 g/mol. The Labute approximate surface area is 122 Å². The summed E-state index contributed by atoms with van der Waals surface area (Å²) >= 11 is 1.68. The van der Waals surface area contributed by atoms with Gasteiger partial charge in [0.05, 0.1) is 5.69 Å². The van der Waals surface area contributed by atoms with Crippen molar-refractivity contribution >= 4 is 16.3 Å². The number of thiazole rings is 1. The maximum atomic E-state index is 4.68. The van der Waals surface area contributed by atoms with Crippen LogP contribution in [0.15, 0.2) is 42.0 Å². The molecule has 0 radical (unpaired) electrons. The van der Waals surface area contributed by atoms with Crippen LogP contribution in [0.5, 0.6) is 0 Å². The van der Waals surface area contributed by atoms with E-state index in [-0.39, 0.29) is 0 Å². The van der Waals surface area contributed by atoms with Gasteiger partial charge in [-0.25, -0.2) is 4.98 Å². The molecule has 0 bridgehead atoms.